The van der Waals surface area contributed by atoms with Gasteiger partial charge < -0.3 is 9.47 Å². The molecule has 0 spiro atoms. The molecule has 18 heavy (non-hydrogen) atoms. The van der Waals surface area contributed by atoms with E-state index in [1.165, 1.54) is 6.07 Å². The van der Waals surface area contributed by atoms with E-state index in [-0.39, 0.29) is 11.0 Å². The zero-order valence-corrected chi connectivity index (χ0v) is 12.4. The molecule has 0 aliphatic heterocycles. The normalized spacial score (nSPS) is 13.4. The molecule has 0 radical (unpaired) electrons. The zero-order chi connectivity index (χ0) is 13.9. The zero-order valence-electron chi connectivity index (χ0n) is 10.9. The van der Waals surface area contributed by atoms with E-state index in [1.54, 1.807) is 27.0 Å². The van der Waals surface area contributed by atoms with Gasteiger partial charge in [-0.25, -0.2) is 8.42 Å². The molecule has 102 valence electrons. The second-order valence-corrected chi connectivity index (χ2v) is 6.67. The van der Waals surface area contributed by atoms with Gasteiger partial charge in [0.1, 0.15) is 11.9 Å². The van der Waals surface area contributed by atoms with Crippen LogP contribution >= 0.6 is 10.7 Å². The first-order valence-corrected chi connectivity index (χ1v) is 7.78. The van der Waals surface area contributed by atoms with Crippen molar-refractivity contribution in [3.05, 3.63) is 23.3 Å². The molecule has 0 aromatic heterocycles. The average molecular weight is 293 g/mol. The van der Waals surface area contributed by atoms with Crippen molar-refractivity contribution in [1.29, 1.82) is 0 Å². The first-order chi connectivity index (χ1) is 8.27. The lowest BCUT2D eigenvalue weighted by atomic mass is 10.1. The minimum atomic E-state index is -3.72. The SMILES string of the molecule is COCC(C)Oc1ccc(S(=O)(=O)Cl)c(C)c1C. The number of methoxy groups -OCH3 is 1. The van der Waals surface area contributed by atoms with Crippen molar-refractivity contribution in [2.75, 3.05) is 13.7 Å². The minimum absolute atomic E-state index is 0.105. The molecule has 0 saturated heterocycles. The first kappa shape index (κ1) is 15.3. The Morgan fingerprint density at radius 3 is 2.39 bits per heavy atom. The van der Waals surface area contributed by atoms with E-state index in [0.717, 1.165) is 5.56 Å². The molecule has 0 N–H and O–H groups in total. The number of halogens is 1. The monoisotopic (exact) mass is 292 g/mol. The molecule has 4 nitrogen and oxygen atoms in total. The van der Waals surface area contributed by atoms with E-state index in [0.29, 0.717) is 17.9 Å². The Kier molecular flexibility index (Phi) is 5.01. The van der Waals surface area contributed by atoms with Crippen molar-refractivity contribution in [3.63, 3.8) is 0 Å². The van der Waals surface area contributed by atoms with Crippen LogP contribution in [0.1, 0.15) is 18.1 Å². The molecule has 0 bridgehead atoms. The Morgan fingerprint density at radius 1 is 1.28 bits per heavy atom. The molecule has 0 fully saturated rings. The van der Waals surface area contributed by atoms with Gasteiger partial charge in [0.15, 0.2) is 0 Å². The van der Waals surface area contributed by atoms with Crippen molar-refractivity contribution in [2.24, 2.45) is 0 Å². The van der Waals surface area contributed by atoms with Crippen LogP contribution in [0.25, 0.3) is 0 Å². The summed E-state index contributed by atoms with van der Waals surface area (Å²) in [7, 11) is 3.23. The van der Waals surface area contributed by atoms with Crippen molar-refractivity contribution < 1.29 is 17.9 Å². The maximum Gasteiger partial charge on any atom is 0.261 e. The fraction of sp³-hybridized carbons (Fsp3) is 0.500. The van der Waals surface area contributed by atoms with Crippen LogP contribution in [0, 0.1) is 13.8 Å². The Morgan fingerprint density at radius 2 is 1.89 bits per heavy atom. The molecular weight excluding hydrogens is 276 g/mol. The number of hydrogen-bond acceptors (Lipinski definition) is 4. The first-order valence-electron chi connectivity index (χ1n) is 5.47. The lowest BCUT2D eigenvalue weighted by molar-refractivity contribution is 0.0915. The van der Waals surface area contributed by atoms with Crippen LogP contribution in [-0.4, -0.2) is 28.2 Å². The highest BCUT2D eigenvalue weighted by molar-refractivity contribution is 8.13. The van der Waals surface area contributed by atoms with Gasteiger partial charge in [-0.15, -0.1) is 0 Å². The van der Waals surface area contributed by atoms with E-state index < -0.39 is 9.05 Å². The summed E-state index contributed by atoms with van der Waals surface area (Å²) in [5.74, 6) is 0.640. The number of rotatable bonds is 5. The van der Waals surface area contributed by atoms with Gasteiger partial charge in [-0.2, -0.15) is 0 Å². The topological polar surface area (TPSA) is 52.6 Å². The lowest BCUT2D eigenvalue weighted by Crippen LogP contribution is -2.18. The summed E-state index contributed by atoms with van der Waals surface area (Å²) in [6.07, 6.45) is -0.105. The number of ether oxygens (including phenoxy) is 2. The van der Waals surface area contributed by atoms with E-state index in [1.807, 2.05) is 6.92 Å². The molecule has 1 aromatic carbocycles. The van der Waals surface area contributed by atoms with Gasteiger partial charge in [-0.3, -0.25) is 0 Å². The molecule has 1 atom stereocenters. The number of hydrogen-bond donors (Lipinski definition) is 0. The van der Waals surface area contributed by atoms with Crippen molar-refractivity contribution in [3.8, 4) is 5.75 Å². The molecular formula is C12H17ClO4S. The Labute approximate surface area is 112 Å². The van der Waals surface area contributed by atoms with Crippen molar-refractivity contribution in [1.82, 2.24) is 0 Å². The van der Waals surface area contributed by atoms with Crippen LogP contribution in [0.2, 0.25) is 0 Å². The Hall–Kier alpha value is -0.780. The Balaban J connectivity index is 3.09. The molecule has 0 aliphatic carbocycles. The third-order valence-electron chi connectivity index (χ3n) is 2.68. The molecule has 1 unspecified atom stereocenters. The molecule has 6 heteroatoms. The van der Waals surface area contributed by atoms with Crippen LogP contribution in [0.4, 0.5) is 0 Å². The molecule has 1 aromatic rings. The van der Waals surface area contributed by atoms with E-state index >= 15 is 0 Å². The fourth-order valence-corrected chi connectivity index (χ4v) is 2.90. The molecule has 0 amide bonds. The molecule has 1 rings (SSSR count). The largest absolute Gasteiger partial charge is 0.488 e. The Bertz CT molecular complexity index is 525. The van der Waals surface area contributed by atoms with Crippen molar-refractivity contribution >= 4 is 19.7 Å². The van der Waals surface area contributed by atoms with Crippen LogP contribution in [0.3, 0.4) is 0 Å². The summed E-state index contributed by atoms with van der Waals surface area (Å²) in [6.45, 7) is 5.85. The summed E-state index contributed by atoms with van der Waals surface area (Å²) >= 11 is 0. The predicted molar refractivity (Wildman–Crippen MR) is 70.9 cm³/mol. The van der Waals surface area contributed by atoms with Gasteiger partial charge in [0.25, 0.3) is 9.05 Å². The average Bonchev–Trinajstić information content (AvgIpc) is 2.23. The summed E-state index contributed by atoms with van der Waals surface area (Å²) in [6, 6.07) is 3.07. The highest BCUT2D eigenvalue weighted by atomic mass is 35.7. The van der Waals surface area contributed by atoms with Gasteiger partial charge in [0.05, 0.1) is 11.5 Å². The van der Waals surface area contributed by atoms with Crippen LogP contribution in [-0.2, 0) is 13.8 Å². The third-order valence-corrected chi connectivity index (χ3v) is 4.15. The van der Waals surface area contributed by atoms with Crippen LogP contribution < -0.4 is 4.74 Å². The van der Waals surface area contributed by atoms with Gasteiger partial charge in [-0.05, 0) is 44.0 Å². The van der Waals surface area contributed by atoms with Crippen molar-refractivity contribution in [2.45, 2.75) is 31.8 Å². The third kappa shape index (κ3) is 3.60. The summed E-state index contributed by atoms with van der Waals surface area (Å²) < 4.78 is 33.3. The lowest BCUT2D eigenvalue weighted by Gasteiger charge is -2.17. The van der Waals surface area contributed by atoms with Gasteiger partial charge in [0.2, 0.25) is 0 Å². The summed E-state index contributed by atoms with van der Waals surface area (Å²) in [4.78, 5) is 0.119. The molecule has 0 saturated carbocycles. The fourth-order valence-electron chi connectivity index (χ4n) is 1.65. The highest BCUT2D eigenvalue weighted by Gasteiger charge is 2.17. The van der Waals surface area contributed by atoms with Gasteiger partial charge >= 0.3 is 0 Å². The second-order valence-electron chi connectivity index (χ2n) is 4.13. The molecule has 0 heterocycles. The smallest absolute Gasteiger partial charge is 0.261 e. The predicted octanol–water partition coefficient (Wildman–Crippen LogP) is 2.64. The number of benzene rings is 1. The maximum atomic E-state index is 11.3. The second kappa shape index (κ2) is 5.91. The standard InChI is InChI=1S/C12H17ClO4S/c1-8(7-16-4)17-11-5-6-12(18(13,14)15)10(3)9(11)2/h5-6,8H,7H2,1-4H3. The minimum Gasteiger partial charge on any atom is -0.488 e. The summed E-state index contributed by atoms with van der Waals surface area (Å²) in [5, 5.41) is 0. The van der Waals surface area contributed by atoms with Crippen LogP contribution in [0.5, 0.6) is 5.75 Å². The van der Waals surface area contributed by atoms with Gasteiger partial charge in [0, 0.05) is 17.8 Å². The van der Waals surface area contributed by atoms with E-state index in [9.17, 15) is 8.42 Å². The quantitative estimate of drug-likeness (QED) is 0.783. The summed E-state index contributed by atoms with van der Waals surface area (Å²) in [5.41, 5.74) is 1.37. The maximum absolute atomic E-state index is 11.3. The highest BCUT2D eigenvalue weighted by Crippen LogP contribution is 2.29. The molecule has 0 aliphatic rings. The van der Waals surface area contributed by atoms with Gasteiger partial charge in [-0.1, -0.05) is 0 Å². The van der Waals surface area contributed by atoms with Crippen LogP contribution in [0.15, 0.2) is 17.0 Å². The van der Waals surface area contributed by atoms with E-state index in [4.69, 9.17) is 20.2 Å². The van der Waals surface area contributed by atoms with E-state index in [2.05, 4.69) is 0 Å².